The highest BCUT2D eigenvalue weighted by Crippen LogP contribution is 2.27. The monoisotopic (exact) mass is 330 g/mol. The summed E-state index contributed by atoms with van der Waals surface area (Å²) in [5, 5.41) is 4.21. The highest BCUT2D eigenvalue weighted by Gasteiger charge is 2.13. The minimum Gasteiger partial charge on any atom is -0.396 e. The van der Waals surface area contributed by atoms with E-state index in [2.05, 4.69) is 58.7 Å². The van der Waals surface area contributed by atoms with Gasteiger partial charge in [-0.15, -0.1) is 0 Å². The quantitative estimate of drug-likeness (QED) is 0.345. The molecule has 1 heterocycles. The first kappa shape index (κ1) is 16.9. The third-order valence-electron chi connectivity index (χ3n) is 4.14. The van der Waals surface area contributed by atoms with Gasteiger partial charge >= 0.3 is 0 Å². The molecule has 0 aliphatic carbocycles. The van der Waals surface area contributed by atoms with Crippen molar-refractivity contribution in [1.82, 2.24) is 4.98 Å². The predicted octanol–water partition coefficient (Wildman–Crippen LogP) is 5.04. The van der Waals surface area contributed by atoms with Crippen LogP contribution in [-0.4, -0.2) is 17.3 Å². The maximum Gasteiger partial charge on any atom is 0.118 e. The van der Waals surface area contributed by atoms with Gasteiger partial charge in [0.05, 0.1) is 5.69 Å². The third-order valence-corrected chi connectivity index (χ3v) is 4.14. The number of hydrogen-bond acceptors (Lipinski definition) is 3. The van der Waals surface area contributed by atoms with Crippen molar-refractivity contribution in [2.45, 2.75) is 19.3 Å². The van der Waals surface area contributed by atoms with Gasteiger partial charge in [0, 0.05) is 12.1 Å². The Hall–Kier alpha value is -2.94. The van der Waals surface area contributed by atoms with Crippen molar-refractivity contribution in [2.24, 2.45) is 5.16 Å². The molecule has 0 aliphatic rings. The standard InChI is InChI=1S/C22H22N2O/c1-18(22-14-8-9-16-23-22)24-25-17-15-21(19-10-4-2-5-11-19)20-12-6-3-7-13-20/h2-14,16,21H,15,17H2,1H3. The number of rotatable bonds is 7. The van der Waals surface area contributed by atoms with E-state index in [1.807, 2.05) is 37.3 Å². The maximum absolute atomic E-state index is 5.57. The summed E-state index contributed by atoms with van der Waals surface area (Å²) in [4.78, 5) is 9.85. The lowest BCUT2D eigenvalue weighted by Gasteiger charge is -2.17. The Balaban J connectivity index is 1.66. The largest absolute Gasteiger partial charge is 0.396 e. The first-order chi connectivity index (χ1) is 12.3. The van der Waals surface area contributed by atoms with Gasteiger partial charge in [-0.1, -0.05) is 71.9 Å². The molecule has 3 aromatic rings. The molecule has 25 heavy (non-hydrogen) atoms. The van der Waals surface area contributed by atoms with Gasteiger partial charge in [0.15, 0.2) is 0 Å². The maximum atomic E-state index is 5.57. The summed E-state index contributed by atoms with van der Waals surface area (Å²) >= 11 is 0. The molecule has 1 aromatic heterocycles. The van der Waals surface area contributed by atoms with E-state index < -0.39 is 0 Å². The molecule has 0 radical (unpaired) electrons. The fourth-order valence-corrected chi connectivity index (χ4v) is 2.83. The Bertz CT molecular complexity index is 747. The Labute approximate surface area is 149 Å². The van der Waals surface area contributed by atoms with Crippen molar-refractivity contribution in [3.05, 3.63) is 102 Å². The van der Waals surface area contributed by atoms with Crippen molar-refractivity contribution in [1.29, 1.82) is 0 Å². The zero-order chi connectivity index (χ0) is 17.3. The van der Waals surface area contributed by atoms with E-state index in [1.54, 1.807) is 6.20 Å². The van der Waals surface area contributed by atoms with Crippen LogP contribution in [0.1, 0.15) is 36.1 Å². The molecular weight excluding hydrogens is 308 g/mol. The molecule has 0 spiro atoms. The molecule has 0 saturated carbocycles. The molecule has 0 atom stereocenters. The molecule has 3 nitrogen and oxygen atoms in total. The zero-order valence-corrected chi connectivity index (χ0v) is 14.4. The van der Waals surface area contributed by atoms with Gasteiger partial charge in [-0.25, -0.2) is 0 Å². The van der Waals surface area contributed by atoms with Gasteiger partial charge in [-0.05, 0) is 36.6 Å². The lowest BCUT2D eigenvalue weighted by molar-refractivity contribution is 0.138. The average Bonchev–Trinajstić information content (AvgIpc) is 2.70. The number of pyridine rings is 1. The Kier molecular flexibility index (Phi) is 5.94. The van der Waals surface area contributed by atoms with Gasteiger partial charge in [0.25, 0.3) is 0 Å². The number of hydrogen-bond donors (Lipinski definition) is 0. The highest BCUT2D eigenvalue weighted by atomic mass is 16.6. The van der Waals surface area contributed by atoms with E-state index in [0.717, 1.165) is 17.8 Å². The molecule has 0 saturated heterocycles. The normalized spacial score (nSPS) is 11.5. The van der Waals surface area contributed by atoms with E-state index in [1.165, 1.54) is 11.1 Å². The van der Waals surface area contributed by atoms with Crippen LogP contribution in [0.4, 0.5) is 0 Å². The Morgan fingerprint density at radius 3 is 2.04 bits per heavy atom. The summed E-state index contributed by atoms with van der Waals surface area (Å²) in [5.74, 6) is 0.299. The van der Waals surface area contributed by atoms with E-state index in [9.17, 15) is 0 Å². The van der Waals surface area contributed by atoms with Gasteiger partial charge < -0.3 is 4.84 Å². The Morgan fingerprint density at radius 2 is 1.48 bits per heavy atom. The molecular formula is C22H22N2O. The third kappa shape index (κ3) is 4.77. The summed E-state index contributed by atoms with van der Waals surface area (Å²) in [6.45, 7) is 2.47. The van der Waals surface area contributed by atoms with Crippen LogP contribution in [-0.2, 0) is 4.84 Å². The lowest BCUT2D eigenvalue weighted by atomic mass is 9.89. The van der Waals surface area contributed by atoms with Crippen LogP contribution in [0.2, 0.25) is 0 Å². The van der Waals surface area contributed by atoms with E-state index >= 15 is 0 Å². The van der Waals surface area contributed by atoms with Crippen LogP contribution in [0.3, 0.4) is 0 Å². The molecule has 3 rings (SSSR count). The zero-order valence-electron chi connectivity index (χ0n) is 14.4. The lowest BCUT2D eigenvalue weighted by Crippen LogP contribution is -2.06. The van der Waals surface area contributed by atoms with Crippen molar-refractivity contribution in [3.8, 4) is 0 Å². The van der Waals surface area contributed by atoms with E-state index in [0.29, 0.717) is 12.5 Å². The highest BCUT2D eigenvalue weighted by molar-refractivity contribution is 5.96. The van der Waals surface area contributed by atoms with Gasteiger partial charge in [0.2, 0.25) is 0 Å². The summed E-state index contributed by atoms with van der Waals surface area (Å²) in [5.41, 5.74) is 4.21. The summed E-state index contributed by atoms with van der Waals surface area (Å²) in [6, 6.07) is 26.8. The summed E-state index contributed by atoms with van der Waals surface area (Å²) in [6.07, 6.45) is 2.63. The number of benzene rings is 2. The Morgan fingerprint density at radius 1 is 0.880 bits per heavy atom. The first-order valence-corrected chi connectivity index (χ1v) is 8.52. The molecule has 0 aliphatic heterocycles. The summed E-state index contributed by atoms with van der Waals surface area (Å²) in [7, 11) is 0. The van der Waals surface area contributed by atoms with Gasteiger partial charge in [-0.2, -0.15) is 0 Å². The van der Waals surface area contributed by atoms with Crippen molar-refractivity contribution in [3.63, 3.8) is 0 Å². The van der Waals surface area contributed by atoms with Crippen LogP contribution in [0.5, 0.6) is 0 Å². The second kappa shape index (κ2) is 8.78. The average molecular weight is 330 g/mol. The second-order valence-electron chi connectivity index (χ2n) is 5.89. The van der Waals surface area contributed by atoms with Crippen LogP contribution >= 0.6 is 0 Å². The molecule has 126 valence electrons. The fraction of sp³-hybridized carbons (Fsp3) is 0.182. The minimum absolute atomic E-state index is 0.299. The topological polar surface area (TPSA) is 34.5 Å². The molecule has 0 N–H and O–H groups in total. The number of oxime groups is 1. The molecule has 3 heteroatoms. The smallest absolute Gasteiger partial charge is 0.118 e. The van der Waals surface area contributed by atoms with E-state index in [4.69, 9.17) is 4.84 Å². The molecule has 2 aromatic carbocycles. The summed E-state index contributed by atoms with van der Waals surface area (Å²) < 4.78 is 0. The van der Waals surface area contributed by atoms with Crippen molar-refractivity contribution in [2.75, 3.05) is 6.61 Å². The SMILES string of the molecule is CC(=NOCCC(c1ccccc1)c1ccccc1)c1ccccn1. The van der Waals surface area contributed by atoms with E-state index in [-0.39, 0.29) is 0 Å². The van der Waals surface area contributed by atoms with Crippen LogP contribution in [0, 0.1) is 0 Å². The fourth-order valence-electron chi connectivity index (χ4n) is 2.83. The predicted molar refractivity (Wildman–Crippen MR) is 102 cm³/mol. The van der Waals surface area contributed by atoms with Crippen molar-refractivity contribution >= 4 is 5.71 Å². The first-order valence-electron chi connectivity index (χ1n) is 8.52. The molecule has 0 unspecified atom stereocenters. The number of nitrogens with zero attached hydrogens (tertiary/aromatic N) is 2. The number of aromatic nitrogens is 1. The van der Waals surface area contributed by atoms with Gasteiger partial charge in [-0.3, -0.25) is 4.98 Å². The molecule has 0 fully saturated rings. The second-order valence-corrected chi connectivity index (χ2v) is 5.89. The van der Waals surface area contributed by atoms with Gasteiger partial charge in [0.1, 0.15) is 12.3 Å². The van der Waals surface area contributed by atoms with Crippen LogP contribution < -0.4 is 0 Å². The van der Waals surface area contributed by atoms with Crippen molar-refractivity contribution < 1.29 is 4.84 Å². The van der Waals surface area contributed by atoms with Crippen LogP contribution in [0.15, 0.2) is 90.2 Å². The minimum atomic E-state index is 0.299. The molecule has 0 amide bonds. The van der Waals surface area contributed by atoms with Crippen LogP contribution in [0.25, 0.3) is 0 Å². The molecule has 0 bridgehead atoms.